The van der Waals surface area contributed by atoms with Crippen molar-refractivity contribution in [3.8, 4) is 0 Å². The molecule has 5 rings (SSSR count). The Morgan fingerprint density at radius 2 is 1.97 bits per heavy atom. The monoisotopic (exact) mass is 400 g/mol. The molecule has 0 bridgehead atoms. The number of aryl methyl sites for hydroxylation is 1. The minimum atomic E-state index is -0.350. The van der Waals surface area contributed by atoms with E-state index in [0.29, 0.717) is 11.7 Å². The van der Waals surface area contributed by atoms with Crippen LogP contribution in [0, 0.1) is 6.92 Å². The second-order valence-corrected chi connectivity index (χ2v) is 7.94. The molecule has 4 aromatic rings. The smallest absolute Gasteiger partial charge is 0.231 e. The number of hydrogen-bond acceptors (Lipinski definition) is 5. The van der Waals surface area contributed by atoms with E-state index >= 15 is 0 Å². The Kier molecular flexibility index (Phi) is 4.93. The Labute approximate surface area is 174 Å². The van der Waals surface area contributed by atoms with Gasteiger partial charge in [0.05, 0.1) is 12.0 Å². The highest BCUT2D eigenvalue weighted by molar-refractivity contribution is 6.10. The molecule has 1 N–H and O–H groups in total. The van der Waals surface area contributed by atoms with E-state index < -0.39 is 0 Å². The quantitative estimate of drug-likeness (QED) is 0.493. The van der Waals surface area contributed by atoms with Crippen LogP contribution in [0.3, 0.4) is 0 Å². The van der Waals surface area contributed by atoms with Crippen molar-refractivity contribution in [3.63, 3.8) is 0 Å². The summed E-state index contributed by atoms with van der Waals surface area (Å²) >= 11 is 0. The fraction of sp³-hybridized carbons (Fsp3) is 0.292. The van der Waals surface area contributed by atoms with E-state index in [1.807, 2.05) is 67.7 Å². The molecule has 1 saturated heterocycles. The van der Waals surface area contributed by atoms with E-state index in [9.17, 15) is 4.79 Å². The molecule has 6 heteroatoms. The molecule has 0 radical (unpaired) electrons. The topological polar surface area (TPSA) is 75.0 Å². The molecule has 6 nitrogen and oxygen atoms in total. The molecule has 2 aromatic carbocycles. The molecule has 2 atom stereocenters. The minimum Gasteiger partial charge on any atom is -0.360 e. The van der Waals surface area contributed by atoms with Gasteiger partial charge in [-0.3, -0.25) is 9.69 Å². The molecule has 2 unspecified atom stereocenters. The number of fused-ring (bicyclic) bond motifs is 1. The van der Waals surface area contributed by atoms with Crippen LogP contribution in [0.1, 0.15) is 52.4 Å². The summed E-state index contributed by atoms with van der Waals surface area (Å²) in [6.45, 7) is 3.41. The molecule has 1 aliphatic rings. The van der Waals surface area contributed by atoms with E-state index in [1.165, 1.54) is 0 Å². The number of ketones is 1. The number of carbonyl (C=O) groups is 1. The number of piperidine rings is 1. The van der Waals surface area contributed by atoms with Crippen LogP contribution in [0.25, 0.3) is 10.9 Å². The molecule has 30 heavy (non-hydrogen) atoms. The second-order valence-electron chi connectivity index (χ2n) is 7.94. The fourth-order valence-corrected chi connectivity index (χ4v) is 4.51. The SMILES string of the molecule is Cc1noc(C2CCCN(C(C(=O)c3c[nH]c4ccccc34)c3ccccc3)C2)n1. The summed E-state index contributed by atoms with van der Waals surface area (Å²) < 4.78 is 5.45. The predicted molar refractivity (Wildman–Crippen MR) is 114 cm³/mol. The molecule has 0 aliphatic carbocycles. The zero-order chi connectivity index (χ0) is 20.5. The van der Waals surface area contributed by atoms with Gasteiger partial charge in [-0.2, -0.15) is 4.98 Å². The van der Waals surface area contributed by atoms with E-state index in [-0.39, 0.29) is 17.7 Å². The summed E-state index contributed by atoms with van der Waals surface area (Å²) in [5.74, 6) is 1.57. The predicted octanol–water partition coefficient (Wildman–Crippen LogP) is 4.66. The molecule has 0 saturated carbocycles. The van der Waals surface area contributed by atoms with Crippen LogP contribution in [-0.4, -0.2) is 38.9 Å². The van der Waals surface area contributed by atoms with Gasteiger partial charge < -0.3 is 9.51 Å². The number of para-hydroxylation sites is 1. The van der Waals surface area contributed by atoms with Gasteiger partial charge in [0.2, 0.25) is 5.89 Å². The Morgan fingerprint density at radius 3 is 2.77 bits per heavy atom. The van der Waals surface area contributed by atoms with Gasteiger partial charge in [0.15, 0.2) is 11.6 Å². The van der Waals surface area contributed by atoms with Crippen LogP contribution < -0.4 is 0 Å². The minimum absolute atomic E-state index is 0.112. The summed E-state index contributed by atoms with van der Waals surface area (Å²) in [7, 11) is 0. The lowest BCUT2D eigenvalue weighted by molar-refractivity contribution is 0.0749. The maximum Gasteiger partial charge on any atom is 0.231 e. The van der Waals surface area contributed by atoms with E-state index in [1.54, 1.807) is 0 Å². The largest absolute Gasteiger partial charge is 0.360 e. The summed E-state index contributed by atoms with van der Waals surface area (Å²) in [6, 6.07) is 17.6. The van der Waals surface area contributed by atoms with Crippen molar-refractivity contribution >= 4 is 16.7 Å². The summed E-state index contributed by atoms with van der Waals surface area (Å²) in [6.07, 6.45) is 3.81. The van der Waals surface area contributed by atoms with Gasteiger partial charge in [0.1, 0.15) is 0 Å². The Balaban J connectivity index is 1.51. The average Bonchev–Trinajstić information content (AvgIpc) is 3.41. The van der Waals surface area contributed by atoms with Crippen LogP contribution >= 0.6 is 0 Å². The molecule has 0 spiro atoms. The lowest BCUT2D eigenvalue weighted by Gasteiger charge is -2.36. The highest BCUT2D eigenvalue weighted by atomic mass is 16.5. The summed E-state index contributed by atoms with van der Waals surface area (Å²) in [4.78, 5) is 23.8. The number of aromatic nitrogens is 3. The van der Waals surface area contributed by atoms with Crippen LogP contribution in [0.5, 0.6) is 0 Å². The molecule has 2 aromatic heterocycles. The van der Waals surface area contributed by atoms with Crippen molar-refractivity contribution in [1.82, 2.24) is 20.0 Å². The lowest BCUT2D eigenvalue weighted by atomic mass is 9.91. The number of nitrogens with one attached hydrogen (secondary N) is 1. The van der Waals surface area contributed by atoms with Gasteiger partial charge >= 0.3 is 0 Å². The van der Waals surface area contributed by atoms with E-state index in [4.69, 9.17) is 4.52 Å². The summed E-state index contributed by atoms with van der Waals surface area (Å²) in [5, 5.41) is 4.92. The van der Waals surface area contributed by atoms with Gasteiger partial charge in [-0.1, -0.05) is 53.7 Å². The standard InChI is InChI=1S/C24H24N4O2/c1-16-26-24(30-27-16)18-10-7-13-28(15-18)22(17-8-3-2-4-9-17)23(29)20-14-25-21-12-6-5-11-19(20)21/h2-6,8-9,11-12,14,18,22,25H,7,10,13,15H2,1H3. The maximum absolute atomic E-state index is 13.9. The van der Waals surface area contributed by atoms with Gasteiger partial charge in [-0.25, -0.2) is 0 Å². The van der Waals surface area contributed by atoms with Crippen molar-refractivity contribution in [2.45, 2.75) is 31.7 Å². The fourth-order valence-electron chi connectivity index (χ4n) is 4.51. The zero-order valence-corrected chi connectivity index (χ0v) is 16.9. The third-order valence-electron chi connectivity index (χ3n) is 5.93. The second kappa shape index (κ2) is 7.88. The van der Waals surface area contributed by atoms with Gasteiger partial charge in [-0.15, -0.1) is 0 Å². The van der Waals surface area contributed by atoms with Crippen LogP contribution in [0.2, 0.25) is 0 Å². The highest BCUT2D eigenvalue weighted by Crippen LogP contribution is 2.34. The number of carbonyl (C=O) groups excluding carboxylic acids is 1. The number of Topliss-reactive ketones (excluding diaryl/α,β-unsaturated/α-hetero) is 1. The van der Waals surface area contributed by atoms with E-state index in [2.05, 4.69) is 20.0 Å². The first-order valence-electron chi connectivity index (χ1n) is 10.4. The molecule has 1 fully saturated rings. The first kappa shape index (κ1) is 18.8. The maximum atomic E-state index is 13.9. The number of rotatable bonds is 5. The van der Waals surface area contributed by atoms with Crippen molar-refractivity contribution < 1.29 is 9.32 Å². The Hall–Kier alpha value is -3.25. The van der Waals surface area contributed by atoms with E-state index in [0.717, 1.165) is 48.0 Å². The average molecular weight is 400 g/mol. The summed E-state index contributed by atoms with van der Waals surface area (Å²) in [5.41, 5.74) is 2.72. The van der Waals surface area contributed by atoms with Crippen molar-refractivity contribution in [2.75, 3.05) is 13.1 Å². The lowest BCUT2D eigenvalue weighted by Crippen LogP contribution is -2.41. The third-order valence-corrected chi connectivity index (χ3v) is 5.93. The Morgan fingerprint density at radius 1 is 1.17 bits per heavy atom. The molecule has 0 amide bonds. The van der Waals surface area contributed by atoms with Crippen LogP contribution in [0.4, 0.5) is 0 Å². The van der Waals surface area contributed by atoms with Crippen molar-refractivity contribution in [2.24, 2.45) is 0 Å². The third kappa shape index (κ3) is 3.44. The van der Waals surface area contributed by atoms with Crippen molar-refractivity contribution in [3.05, 3.63) is 83.6 Å². The molecule has 3 heterocycles. The normalized spacial score (nSPS) is 18.5. The zero-order valence-electron chi connectivity index (χ0n) is 16.9. The number of H-pyrrole nitrogens is 1. The Bertz CT molecular complexity index is 1160. The number of nitrogens with zero attached hydrogens (tertiary/aromatic N) is 3. The molecule has 1 aliphatic heterocycles. The number of benzene rings is 2. The molecular formula is C24H24N4O2. The van der Waals surface area contributed by atoms with Crippen molar-refractivity contribution in [1.29, 1.82) is 0 Å². The molecule has 152 valence electrons. The van der Waals surface area contributed by atoms with Gasteiger partial charge in [0.25, 0.3) is 0 Å². The van der Waals surface area contributed by atoms with Gasteiger partial charge in [-0.05, 0) is 37.9 Å². The molecular weight excluding hydrogens is 376 g/mol. The van der Waals surface area contributed by atoms with Crippen LogP contribution in [-0.2, 0) is 0 Å². The number of hydrogen-bond donors (Lipinski definition) is 1. The highest BCUT2D eigenvalue weighted by Gasteiger charge is 2.35. The number of aromatic amines is 1. The number of likely N-dealkylation sites (tertiary alicyclic amines) is 1. The first-order valence-corrected chi connectivity index (χ1v) is 10.4. The first-order chi connectivity index (χ1) is 14.7. The van der Waals surface area contributed by atoms with Gasteiger partial charge in [0, 0.05) is 29.2 Å². The van der Waals surface area contributed by atoms with Crippen LogP contribution in [0.15, 0.2) is 65.3 Å².